The SMILES string of the molecule is COc1cc(/C=C2/C(=O)N(c3c(F)c(F)c(F)c(F)c3F)N=C2C)c([N+](=O)[O-])cc1OC. The third-order valence-corrected chi connectivity index (χ3v) is 4.49. The highest BCUT2D eigenvalue weighted by molar-refractivity contribution is 6.32. The lowest BCUT2D eigenvalue weighted by Gasteiger charge is -2.15. The summed E-state index contributed by atoms with van der Waals surface area (Å²) >= 11 is 0. The molecule has 0 N–H and O–H groups in total. The Balaban J connectivity index is 2.16. The van der Waals surface area contributed by atoms with Crippen LogP contribution < -0.4 is 14.5 Å². The number of anilines is 1. The van der Waals surface area contributed by atoms with Crippen molar-refractivity contribution in [1.82, 2.24) is 0 Å². The Morgan fingerprint density at radius 2 is 1.47 bits per heavy atom. The van der Waals surface area contributed by atoms with Gasteiger partial charge in [-0.05, 0) is 19.1 Å². The number of hydrogen-bond donors (Lipinski definition) is 0. The van der Waals surface area contributed by atoms with E-state index in [0.29, 0.717) is 0 Å². The second-order valence-electron chi connectivity index (χ2n) is 6.30. The average Bonchev–Trinajstić information content (AvgIpc) is 3.03. The maximum atomic E-state index is 14.1. The molecule has 0 unspecified atom stereocenters. The maximum absolute atomic E-state index is 14.1. The van der Waals surface area contributed by atoms with Crippen LogP contribution in [0.15, 0.2) is 22.8 Å². The molecular weight excluding hydrogens is 445 g/mol. The van der Waals surface area contributed by atoms with Gasteiger partial charge in [-0.1, -0.05) is 0 Å². The number of nitro groups is 1. The summed E-state index contributed by atoms with van der Waals surface area (Å²) in [6.07, 6.45) is 0.979. The Morgan fingerprint density at radius 3 is 1.97 bits per heavy atom. The number of halogens is 5. The fourth-order valence-electron chi connectivity index (χ4n) is 2.93. The smallest absolute Gasteiger partial charge is 0.280 e. The predicted octanol–water partition coefficient (Wildman–Crippen LogP) is 4.11. The van der Waals surface area contributed by atoms with E-state index in [-0.39, 0.29) is 33.4 Å². The van der Waals surface area contributed by atoms with Gasteiger partial charge in [0, 0.05) is 0 Å². The molecule has 0 bridgehead atoms. The summed E-state index contributed by atoms with van der Waals surface area (Å²) in [7, 11) is 2.51. The van der Waals surface area contributed by atoms with Gasteiger partial charge in [-0.3, -0.25) is 14.9 Å². The average molecular weight is 457 g/mol. The van der Waals surface area contributed by atoms with Crippen molar-refractivity contribution >= 4 is 29.1 Å². The van der Waals surface area contributed by atoms with Crippen molar-refractivity contribution in [3.05, 3.63) is 62.5 Å². The minimum Gasteiger partial charge on any atom is -0.493 e. The van der Waals surface area contributed by atoms with Crippen molar-refractivity contribution in [2.24, 2.45) is 5.10 Å². The molecule has 0 atom stereocenters. The Hall–Kier alpha value is -4.03. The lowest BCUT2D eigenvalue weighted by atomic mass is 10.0. The molecule has 2 aromatic carbocycles. The normalized spacial score (nSPS) is 14.8. The van der Waals surface area contributed by atoms with Crippen molar-refractivity contribution in [1.29, 1.82) is 0 Å². The molecule has 3 rings (SSSR count). The molecule has 1 amide bonds. The van der Waals surface area contributed by atoms with Crippen molar-refractivity contribution in [2.45, 2.75) is 6.92 Å². The van der Waals surface area contributed by atoms with Gasteiger partial charge in [0.05, 0.1) is 42.1 Å². The van der Waals surface area contributed by atoms with Crippen LogP contribution in [-0.4, -0.2) is 30.8 Å². The zero-order valence-electron chi connectivity index (χ0n) is 16.5. The number of benzene rings is 2. The summed E-state index contributed by atoms with van der Waals surface area (Å²) < 4.78 is 78.8. The molecule has 2 aromatic rings. The molecule has 168 valence electrons. The number of methoxy groups -OCH3 is 2. The first-order valence-electron chi connectivity index (χ1n) is 8.57. The van der Waals surface area contributed by atoms with Crippen LogP contribution in [-0.2, 0) is 4.79 Å². The second-order valence-corrected chi connectivity index (χ2v) is 6.30. The molecule has 0 aromatic heterocycles. The molecule has 0 saturated heterocycles. The molecule has 8 nitrogen and oxygen atoms in total. The van der Waals surface area contributed by atoms with E-state index in [1.807, 2.05) is 0 Å². The Bertz CT molecular complexity index is 1200. The molecule has 0 fully saturated rings. The topological polar surface area (TPSA) is 94.3 Å². The highest BCUT2D eigenvalue weighted by atomic mass is 19.2. The maximum Gasteiger partial charge on any atom is 0.280 e. The van der Waals surface area contributed by atoms with Gasteiger partial charge in [-0.2, -0.15) is 10.1 Å². The molecule has 1 aliphatic rings. The number of nitro benzene ring substituents is 1. The van der Waals surface area contributed by atoms with Crippen LogP contribution in [0.4, 0.5) is 33.3 Å². The summed E-state index contributed by atoms with van der Waals surface area (Å²) in [6, 6.07) is 2.20. The van der Waals surface area contributed by atoms with E-state index < -0.39 is 51.3 Å². The summed E-state index contributed by atoms with van der Waals surface area (Å²) in [6.45, 7) is 1.21. The molecule has 0 radical (unpaired) electrons. The molecular formula is C19H12F5N3O5. The van der Waals surface area contributed by atoms with Gasteiger partial charge in [0.1, 0.15) is 5.69 Å². The van der Waals surface area contributed by atoms with Crippen LogP contribution in [0.5, 0.6) is 11.5 Å². The van der Waals surface area contributed by atoms with Gasteiger partial charge in [0.15, 0.2) is 34.8 Å². The van der Waals surface area contributed by atoms with E-state index in [1.165, 1.54) is 27.2 Å². The summed E-state index contributed by atoms with van der Waals surface area (Å²) in [5, 5.41) is 15.0. The van der Waals surface area contributed by atoms with E-state index in [9.17, 15) is 36.9 Å². The molecule has 32 heavy (non-hydrogen) atoms. The zero-order chi connectivity index (χ0) is 23.9. The van der Waals surface area contributed by atoms with E-state index in [0.717, 1.165) is 12.1 Å². The first kappa shape index (κ1) is 22.7. The highest BCUT2D eigenvalue weighted by Gasteiger charge is 2.37. The predicted molar refractivity (Wildman–Crippen MR) is 101 cm³/mol. The van der Waals surface area contributed by atoms with Gasteiger partial charge in [0.25, 0.3) is 11.6 Å². The van der Waals surface area contributed by atoms with Crippen LogP contribution in [0.3, 0.4) is 0 Å². The Kier molecular flexibility index (Phi) is 5.84. The fourth-order valence-corrected chi connectivity index (χ4v) is 2.93. The van der Waals surface area contributed by atoms with Gasteiger partial charge >= 0.3 is 0 Å². The van der Waals surface area contributed by atoms with Crippen molar-refractivity contribution < 1.29 is 41.1 Å². The van der Waals surface area contributed by atoms with E-state index in [1.54, 1.807) is 0 Å². The summed E-state index contributed by atoms with van der Waals surface area (Å²) in [4.78, 5) is 23.4. The quantitative estimate of drug-likeness (QED) is 0.168. The van der Waals surface area contributed by atoms with Gasteiger partial charge in [0.2, 0.25) is 5.82 Å². The largest absolute Gasteiger partial charge is 0.493 e. The second kappa shape index (κ2) is 8.24. The molecule has 1 aliphatic heterocycles. The van der Waals surface area contributed by atoms with Crippen molar-refractivity contribution in [3.63, 3.8) is 0 Å². The number of rotatable bonds is 5. The number of amides is 1. The third kappa shape index (κ3) is 3.50. The number of ether oxygens (including phenoxy) is 2. The number of hydrazone groups is 1. The summed E-state index contributed by atoms with van der Waals surface area (Å²) in [5.41, 5.74) is -2.82. The van der Waals surface area contributed by atoms with E-state index in [2.05, 4.69) is 5.10 Å². The molecule has 13 heteroatoms. The van der Waals surface area contributed by atoms with Crippen LogP contribution in [0.2, 0.25) is 0 Å². The lowest BCUT2D eigenvalue weighted by molar-refractivity contribution is -0.385. The molecule has 0 spiro atoms. The molecule has 0 saturated carbocycles. The van der Waals surface area contributed by atoms with Gasteiger partial charge < -0.3 is 9.47 Å². The zero-order valence-corrected chi connectivity index (χ0v) is 16.5. The van der Waals surface area contributed by atoms with Gasteiger partial charge in [-0.15, -0.1) is 0 Å². The first-order chi connectivity index (χ1) is 15.0. The molecule has 1 heterocycles. The number of carbonyl (C=O) groups excluding carboxylic acids is 1. The lowest BCUT2D eigenvalue weighted by Crippen LogP contribution is -2.25. The number of nitrogens with zero attached hydrogens (tertiary/aromatic N) is 3. The van der Waals surface area contributed by atoms with Crippen LogP contribution in [0, 0.1) is 39.2 Å². The highest BCUT2D eigenvalue weighted by Crippen LogP contribution is 2.37. The number of carbonyl (C=O) groups is 1. The van der Waals surface area contributed by atoms with Crippen LogP contribution in [0.1, 0.15) is 12.5 Å². The third-order valence-electron chi connectivity index (χ3n) is 4.49. The minimum absolute atomic E-state index is 0.00399. The molecule has 0 aliphatic carbocycles. The fraction of sp³-hybridized carbons (Fsp3) is 0.158. The van der Waals surface area contributed by atoms with Crippen LogP contribution >= 0.6 is 0 Å². The Morgan fingerprint density at radius 1 is 0.969 bits per heavy atom. The number of hydrogen-bond acceptors (Lipinski definition) is 6. The minimum atomic E-state index is -2.40. The van der Waals surface area contributed by atoms with Crippen molar-refractivity contribution in [2.75, 3.05) is 19.2 Å². The summed E-state index contributed by atoms with van der Waals surface area (Å²) in [5.74, 6) is -12.6. The Labute approximate surface area is 176 Å². The standard InChI is InChI=1S/C19H12F5N3O5/c1-7-9(4-8-5-11(31-2)12(32-3)6-10(8)27(29)30)19(28)26(25-7)18-16(23)14(21)13(20)15(22)17(18)24/h4-6H,1-3H3/b9-4+. The van der Waals surface area contributed by atoms with Gasteiger partial charge in [-0.25, -0.2) is 22.0 Å². The van der Waals surface area contributed by atoms with Crippen molar-refractivity contribution in [3.8, 4) is 11.5 Å². The van der Waals surface area contributed by atoms with E-state index >= 15 is 0 Å². The monoisotopic (exact) mass is 457 g/mol. The van der Waals surface area contributed by atoms with E-state index in [4.69, 9.17) is 9.47 Å². The van der Waals surface area contributed by atoms with Crippen LogP contribution in [0.25, 0.3) is 6.08 Å². The first-order valence-corrected chi connectivity index (χ1v) is 8.57.